The lowest BCUT2D eigenvalue weighted by molar-refractivity contribution is 0.0623. The van der Waals surface area contributed by atoms with Gasteiger partial charge in [-0.15, -0.1) is 0 Å². The number of hydrogen-bond acceptors (Lipinski definition) is 3. The van der Waals surface area contributed by atoms with Crippen molar-refractivity contribution in [2.45, 2.75) is 27.2 Å². The molecule has 0 spiro atoms. The van der Waals surface area contributed by atoms with E-state index in [2.05, 4.69) is 24.1 Å². The van der Waals surface area contributed by atoms with Crippen molar-refractivity contribution in [2.24, 2.45) is 11.8 Å². The lowest BCUT2D eigenvalue weighted by atomic mass is 9.91. The van der Waals surface area contributed by atoms with Crippen LogP contribution >= 0.6 is 0 Å². The van der Waals surface area contributed by atoms with Crippen LogP contribution in [0.5, 0.6) is 0 Å². The van der Waals surface area contributed by atoms with Gasteiger partial charge in [0.05, 0.1) is 6.20 Å². The maximum absolute atomic E-state index is 13.0. The molecule has 0 radical (unpaired) electrons. The van der Waals surface area contributed by atoms with Gasteiger partial charge in [0.2, 0.25) is 0 Å². The Balaban J connectivity index is 1.57. The van der Waals surface area contributed by atoms with Gasteiger partial charge >= 0.3 is 0 Å². The minimum absolute atomic E-state index is 0.0219. The first-order valence-corrected chi connectivity index (χ1v) is 10.1. The molecule has 1 N–H and O–H groups in total. The zero-order valence-electron chi connectivity index (χ0n) is 17.1. The molecule has 6 heteroatoms. The van der Waals surface area contributed by atoms with E-state index < -0.39 is 0 Å². The maximum Gasteiger partial charge on any atom is 0.274 e. The Bertz CT molecular complexity index is 1060. The standard InChI is InChI=1S/C23H26N4O2/c1-15-10-16(2)14-26(13-15)23(29)18-8-7-17(3)19(11-18)25-22(28)20-12-24-21-6-4-5-9-27(20)21/h4-9,11-12,15-16H,10,13-14H2,1-3H3,(H,25,28). The average molecular weight is 390 g/mol. The number of amides is 2. The predicted molar refractivity (Wildman–Crippen MR) is 113 cm³/mol. The van der Waals surface area contributed by atoms with E-state index in [4.69, 9.17) is 0 Å². The minimum atomic E-state index is -0.253. The number of nitrogens with one attached hydrogen (secondary N) is 1. The number of carbonyl (C=O) groups is 2. The third-order valence-corrected chi connectivity index (χ3v) is 5.54. The summed E-state index contributed by atoms with van der Waals surface area (Å²) >= 11 is 0. The van der Waals surface area contributed by atoms with Crippen LogP contribution in [-0.4, -0.2) is 39.2 Å². The second-order valence-electron chi connectivity index (χ2n) is 8.21. The normalized spacial score (nSPS) is 19.3. The summed E-state index contributed by atoms with van der Waals surface area (Å²) in [6, 6.07) is 11.1. The van der Waals surface area contributed by atoms with Crippen molar-refractivity contribution in [1.29, 1.82) is 0 Å². The fraction of sp³-hybridized carbons (Fsp3) is 0.348. The molecular weight excluding hydrogens is 364 g/mol. The number of rotatable bonds is 3. The van der Waals surface area contributed by atoms with Crippen LogP contribution in [0.3, 0.4) is 0 Å². The van der Waals surface area contributed by atoms with Crippen LogP contribution in [-0.2, 0) is 0 Å². The highest BCUT2D eigenvalue weighted by atomic mass is 16.2. The summed E-state index contributed by atoms with van der Waals surface area (Å²) in [6.07, 6.45) is 4.52. The van der Waals surface area contributed by atoms with Crippen LogP contribution in [0.1, 0.15) is 46.7 Å². The van der Waals surface area contributed by atoms with Gasteiger partial charge in [0.25, 0.3) is 11.8 Å². The van der Waals surface area contributed by atoms with Crippen molar-refractivity contribution in [1.82, 2.24) is 14.3 Å². The van der Waals surface area contributed by atoms with E-state index in [1.54, 1.807) is 16.7 Å². The number of piperidine rings is 1. The molecule has 0 aliphatic carbocycles. The number of nitrogens with zero attached hydrogens (tertiary/aromatic N) is 3. The van der Waals surface area contributed by atoms with E-state index >= 15 is 0 Å². The van der Waals surface area contributed by atoms with Gasteiger partial charge in [0.1, 0.15) is 11.3 Å². The molecule has 4 rings (SSSR count). The molecule has 150 valence electrons. The van der Waals surface area contributed by atoms with Gasteiger partial charge in [-0.3, -0.25) is 14.0 Å². The first-order valence-electron chi connectivity index (χ1n) is 10.1. The molecule has 2 amide bonds. The van der Waals surface area contributed by atoms with Crippen LogP contribution in [0.25, 0.3) is 5.65 Å². The van der Waals surface area contributed by atoms with Crippen molar-refractivity contribution >= 4 is 23.1 Å². The lowest BCUT2D eigenvalue weighted by Gasteiger charge is -2.35. The highest BCUT2D eigenvalue weighted by molar-refractivity contribution is 6.05. The van der Waals surface area contributed by atoms with E-state index in [1.165, 1.54) is 0 Å². The molecule has 2 aromatic heterocycles. The number of pyridine rings is 1. The third-order valence-electron chi connectivity index (χ3n) is 5.54. The fourth-order valence-corrected chi connectivity index (χ4v) is 4.19. The summed E-state index contributed by atoms with van der Waals surface area (Å²) in [5, 5.41) is 2.95. The van der Waals surface area contributed by atoms with Gasteiger partial charge in [-0.25, -0.2) is 4.98 Å². The molecule has 2 atom stereocenters. The quantitative estimate of drug-likeness (QED) is 0.735. The molecule has 3 aromatic rings. The van der Waals surface area contributed by atoms with Crippen molar-refractivity contribution < 1.29 is 9.59 Å². The Morgan fingerprint density at radius 3 is 2.62 bits per heavy atom. The highest BCUT2D eigenvalue weighted by Gasteiger charge is 2.26. The number of imidazole rings is 1. The monoisotopic (exact) mass is 390 g/mol. The van der Waals surface area contributed by atoms with Crippen molar-refractivity contribution in [3.05, 3.63) is 65.6 Å². The number of hydrogen-bond donors (Lipinski definition) is 1. The molecule has 2 unspecified atom stereocenters. The largest absolute Gasteiger partial charge is 0.338 e. The van der Waals surface area contributed by atoms with E-state index in [0.717, 1.165) is 25.1 Å². The molecule has 1 fully saturated rings. The number of carbonyl (C=O) groups excluding carboxylic acids is 2. The molecule has 1 saturated heterocycles. The molecule has 3 heterocycles. The third kappa shape index (κ3) is 3.88. The molecule has 0 bridgehead atoms. The number of benzene rings is 1. The average Bonchev–Trinajstić information content (AvgIpc) is 3.12. The van der Waals surface area contributed by atoms with Crippen molar-refractivity contribution in [3.8, 4) is 0 Å². The number of aryl methyl sites for hydroxylation is 1. The maximum atomic E-state index is 13.0. The molecule has 29 heavy (non-hydrogen) atoms. The van der Waals surface area contributed by atoms with E-state index in [0.29, 0.717) is 34.4 Å². The van der Waals surface area contributed by atoms with E-state index in [-0.39, 0.29) is 11.8 Å². The van der Waals surface area contributed by atoms with Crippen molar-refractivity contribution in [3.63, 3.8) is 0 Å². The lowest BCUT2D eigenvalue weighted by Crippen LogP contribution is -2.42. The van der Waals surface area contributed by atoms with Gasteiger partial charge in [-0.1, -0.05) is 26.0 Å². The molecule has 0 saturated carbocycles. The molecule has 1 aromatic carbocycles. The number of fused-ring (bicyclic) bond motifs is 1. The Kier molecular flexibility index (Phi) is 5.09. The molecule has 6 nitrogen and oxygen atoms in total. The summed E-state index contributed by atoms with van der Waals surface area (Å²) < 4.78 is 1.75. The summed E-state index contributed by atoms with van der Waals surface area (Å²) in [5.74, 6) is 0.773. The molecular formula is C23H26N4O2. The van der Waals surface area contributed by atoms with E-state index in [1.807, 2.05) is 48.4 Å². The van der Waals surface area contributed by atoms with Gasteiger partial charge in [-0.05, 0) is 55.0 Å². The zero-order chi connectivity index (χ0) is 20.5. The van der Waals surface area contributed by atoms with Crippen LogP contribution in [0, 0.1) is 18.8 Å². The van der Waals surface area contributed by atoms with Crippen LogP contribution in [0.2, 0.25) is 0 Å². The smallest absolute Gasteiger partial charge is 0.274 e. The minimum Gasteiger partial charge on any atom is -0.338 e. The summed E-state index contributed by atoms with van der Waals surface area (Å²) in [6.45, 7) is 7.85. The Morgan fingerprint density at radius 2 is 1.86 bits per heavy atom. The second kappa shape index (κ2) is 7.70. The van der Waals surface area contributed by atoms with Gasteiger partial charge < -0.3 is 10.2 Å². The Hall–Kier alpha value is -3.15. The number of anilines is 1. The first-order chi connectivity index (χ1) is 13.9. The van der Waals surface area contributed by atoms with Crippen molar-refractivity contribution in [2.75, 3.05) is 18.4 Å². The fourth-order valence-electron chi connectivity index (χ4n) is 4.19. The van der Waals surface area contributed by atoms with Crippen LogP contribution in [0.15, 0.2) is 48.8 Å². The summed E-state index contributed by atoms with van der Waals surface area (Å²) in [5.41, 5.74) is 3.32. The summed E-state index contributed by atoms with van der Waals surface area (Å²) in [7, 11) is 0. The molecule has 1 aliphatic heterocycles. The van der Waals surface area contributed by atoms with Gasteiger partial charge in [0.15, 0.2) is 0 Å². The van der Waals surface area contributed by atoms with Crippen LogP contribution in [0.4, 0.5) is 5.69 Å². The summed E-state index contributed by atoms with van der Waals surface area (Å²) in [4.78, 5) is 32.1. The van der Waals surface area contributed by atoms with Crippen LogP contribution < -0.4 is 5.32 Å². The SMILES string of the molecule is Cc1ccc(C(=O)N2CC(C)CC(C)C2)cc1NC(=O)c1cnc2ccccn12. The molecule has 1 aliphatic rings. The topological polar surface area (TPSA) is 66.7 Å². The van der Waals surface area contributed by atoms with Gasteiger partial charge in [-0.2, -0.15) is 0 Å². The predicted octanol–water partition coefficient (Wildman–Crippen LogP) is 4.01. The first kappa shape index (κ1) is 19.2. The van der Waals surface area contributed by atoms with Gasteiger partial charge in [0, 0.05) is 30.5 Å². The highest BCUT2D eigenvalue weighted by Crippen LogP contribution is 2.24. The number of aromatic nitrogens is 2. The zero-order valence-corrected chi connectivity index (χ0v) is 17.1. The second-order valence-corrected chi connectivity index (χ2v) is 8.21. The Morgan fingerprint density at radius 1 is 1.10 bits per heavy atom. The van der Waals surface area contributed by atoms with E-state index in [9.17, 15) is 9.59 Å². The number of likely N-dealkylation sites (tertiary alicyclic amines) is 1. The Labute approximate surface area is 170 Å².